The predicted molar refractivity (Wildman–Crippen MR) is 78.1 cm³/mol. The van der Waals surface area contributed by atoms with Gasteiger partial charge in [0.1, 0.15) is 24.0 Å². The van der Waals surface area contributed by atoms with Crippen molar-refractivity contribution in [3.63, 3.8) is 0 Å². The SMILES string of the molecule is NCC#Cc1ccc(OCc2cccc(F)c2Cl)cc1F. The zero-order valence-electron chi connectivity index (χ0n) is 11.0. The Morgan fingerprint density at radius 3 is 2.67 bits per heavy atom. The third-order valence-corrected chi connectivity index (χ3v) is 3.11. The Labute approximate surface area is 126 Å². The molecule has 0 aromatic heterocycles. The highest BCUT2D eigenvalue weighted by Gasteiger charge is 2.07. The second-order valence-corrected chi connectivity index (χ2v) is 4.53. The van der Waals surface area contributed by atoms with Crippen LogP contribution < -0.4 is 10.5 Å². The van der Waals surface area contributed by atoms with Crippen LogP contribution in [0.25, 0.3) is 0 Å². The van der Waals surface area contributed by atoms with E-state index in [4.69, 9.17) is 22.1 Å². The van der Waals surface area contributed by atoms with Gasteiger partial charge in [-0.05, 0) is 18.2 Å². The van der Waals surface area contributed by atoms with Crippen molar-refractivity contribution >= 4 is 11.6 Å². The van der Waals surface area contributed by atoms with Gasteiger partial charge in [-0.2, -0.15) is 0 Å². The summed E-state index contributed by atoms with van der Waals surface area (Å²) in [7, 11) is 0. The van der Waals surface area contributed by atoms with Crippen molar-refractivity contribution < 1.29 is 13.5 Å². The molecule has 0 aliphatic heterocycles. The van der Waals surface area contributed by atoms with Gasteiger partial charge in [0.05, 0.1) is 17.1 Å². The molecule has 0 unspecified atom stereocenters. The molecule has 2 aromatic rings. The Morgan fingerprint density at radius 2 is 1.95 bits per heavy atom. The molecule has 0 spiro atoms. The lowest BCUT2D eigenvalue weighted by Gasteiger charge is -2.08. The summed E-state index contributed by atoms with van der Waals surface area (Å²) in [5.74, 6) is 4.48. The molecule has 0 radical (unpaired) electrons. The molecule has 2 aromatic carbocycles. The zero-order valence-corrected chi connectivity index (χ0v) is 11.8. The largest absolute Gasteiger partial charge is 0.489 e. The fraction of sp³-hybridized carbons (Fsp3) is 0.125. The standard InChI is InChI=1S/C16H12ClF2NO/c17-16-12(3-1-5-14(16)18)10-21-13-7-6-11(4-2-8-20)15(19)9-13/h1,3,5-7,9H,8,10,20H2. The first-order chi connectivity index (χ1) is 10.1. The van der Waals surface area contributed by atoms with Crippen LogP contribution in [0, 0.1) is 23.5 Å². The third-order valence-electron chi connectivity index (χ3n) is 2.69. The number of nitrogens with two attached hydrogens (primary N) is 1. The summed E-state index contributed by atoms with van der Waals surface area (Å²) in [6.45, 7) is 0.208. The van der Waals surface area contributed by atoms with E-state index in [2.05, 4.69) is 11.8 Å². The molecule has 0 atom stereocenters. The lowest BCUT2D eigenvalue weighted by atomic mass is 10.2. The molecule has 108 valence electrons. The summed E-state index contributed by atoms with van der Waals surface area (Å²) in [5.41, 5.74) is 5.97. The van der Waals surface area contributed by atoms with Crippen LogP contribution in [0.2, 0.25) is 5.02 Å². The van der Waals surface area contributed by atoms with Crippen LogP contribution in [0.3, 0.4) is 0 Å². The van der Waals surface area contributed by atoms with E-state index in [-0.39, 0.29) is 23.7 Å². The Bertz CT molecular complexity index is 707. The van der Waals surface area contributed by atoms with E-state index in [0.29, 0.717) is 11.3 Å². The molecule has 2 N–H and O–H groups in total. The van der Waals surface area contributed by atoms with Crippen LogP contribution in [0.4, 0.5) is 8.78 Å². The van der Waals surface area contributed by atoms with Crippen molar-refractivity contribution in [2.45, 2.75) is 6.61 Å². The van der Waals surface area contributed by atoms with Crippen LogP contribution >= 0.6 is 11.6 Å². The van der Waals surface area contributed by atoms with Crippen molar-refractivity contribution in [2.75, 3.05) is 6.54 Å². The van der Waals surface area contributed by atoms with Crippen molar-refractivity contribution in [2.24, 2.45) is 5.73 Å². The minimum atomic E-state index is -0.517. The Morgan fingerprint density at radius 1 is 1.14 bits per heavy atom. The summed E-state index contributed by atoms with van der Waals surface area (Å²) in [4.78, 5) is 0. The molecule has 0 fully saturated rings. The molecule has 5 heteroatoms. The monoisotopic (exact) mass is 307 g/mol. The van der Waals surface area contributed by atoms with Crippen LogP contribution in [0.15, 0.2) is 36.4 Å². The fourth-order valence-electron chi connectivity index (χ4n) is 1.65. The second-order valence-electron chi connectivity index (χ2n) is 4.15. The first-order valence-electron chi connectivity index (χ1n) is 6.16. The van der Waals surface area contributed by atoms with E-state index in [1.165, 1.54) is 24.3 Å². The van der Waals surface area contributed by atoms with E-state index in [1.807, 2.05) is 0 Å². The van der Waals surface area contributed by atoms with Gasteiger partial charge >= 0.3 is 0 Å². The van der Waals surface area contributed by atoms with E-state index in [9.17, 15) is 8.78 Å². The Balaban J connectivity index is 2.10. The van der Waals surface area contributed by atoms with Gasteiger partial charge < -0.3 is 10.5 Å². The van der Waals surface area contributed by atoms with Gasteiger partial charge in [0, 0.05) is 11.6 Å². The van der Waals surface area contributed by atoms with Crippen molar-refractivity contribution in [3.8, 4) is 17.6 Å². The fourth-order valence-corrected chi connectivity index (χ4v) is 1.83. The van der Waals surface area contributed by atoms with Gasteiger partial charge in [-0.3, -0.25) is 0 Å². The number of ether oxygens (including phenoxy) is 1. The molecular weight excluding hydrogens is 296 g/mol. The summed E-state index contributed by atoms with van der Waals surface area (Å²) in [6, 6.07) is 8.73. The van der Waals surface area contributed by atoms with Crippen LogP contribution in [0.5, 0.6) is 5.75 Å². The number of hydrogen-bond acceptors (Lipinski definition) is 2. The summed E-state index contributed by atoms with van der Waals surface area (Å²) < 4.78 is 32.4. The molecule has 0 bridgehead atoms. The topological polar surface area (TPSA) is 35.2 Å². The predicted octanol–water partition coefficient (Wildman–Crippen LogP) is 3.51. The van der Waals surface area contributed by atoms with Gasteiger partial charge in [-0.1, -0.05) is 35.6 Å². The average Bonchev–Trinajstić information content (AvgIpc) is 2.48. The van der Waals surface area contributed by atoms with E-state index < -0.39 is 11.6 Å². The maximum Gasteiger partial charge on any atom is 0.142 e. The number of hydrogen-bond donors (Lipinski definition) is 1. The Hall–Kier alpha value is -2.09. The Kier molecular flexibility index (Phi) is 5.15. The zero-order chi connectivity index (χ0) is 15.2. The first kappa shape index (κ1) is 15.3. The number of benzene rings is 2. The molecule has 0 saturated heterocycles. The molecule has 0 aliphatic rings. The number of rotatable bonds is 3. The average molecular weight is 308 g/mol. The quantitative estimate of drug-likeness (QED) is 0.881. The van der Waals surface area contributed by atoms with Gasteiger partial charge in [-0.15, -0.1) is 0 Å². The lowest BCUT2D eigenvalue weighted by molar-refractivity contribution is 0.304. The van der Waals surface area contributed by atoms with Gasteiger partial charge in [0.25, 0.3) is 0 Å². The summed E-state index contributed by atoms with van der Waals surface area (Å²) in [6.07, 6.45) is 0. The molecular formula is C16H12ClF2NO. The van der Waals surface area contributed by atoms with Crippen molar-refractivity contribution in [1.82, 2.24) is 0 Å². The minimum absolute atomic E-state index is 0.00315. The highest BCUT2D eigenvalue weighted by atomic mass is 35.5. The van der Waals surface area contributed by atoms with E-state index in [0.717, 1.165) is 0 Å². The maximum absolute atomic E-state index is 13.7. The highest BCUT2D eigenvalue weighted by Crippen LogP contribution is 2.22. The molecule has 21 heavy (non-hydrogen) atoms. The molecule has 0 heterocycles. The molecule has 0 saturated carbocycles. The van der Waals surface area contributed by atoms with Gasteiger partial charge in [-0.25, -0.2) is 8.78 Å². The van der Waals surface area contributed by atoms with Crippen molar-refractivity contribution in [3.05, 3.63) is 64.2 Å². The van der Waals surface area contributed by atoms with Gasteiger partial charge in [0.15, 0.2) is 0 Å². The van der Waals surface area contributed by atoms with Gasteiger partial charge in [0.2, 0.25) is 0 Å². The number of halogens is 3. The smallest absolute Gasteiger partial charge is 0.142 e. The summed E-state index contributed by atoms with van der Waals surface area (Å²) in [5, 5.41) is 0.00315. The molecule has 0 amide bonds. The van der Waals surface area contributed by atoms with E-state index in [1.54, 1.807) is 12.1 Å². The maximum atomic E-state index is 13.7. The molecule has 2 rings (SSSR count). The minimum Gasteiger partial charge on any atom is -0.489 e. The highest BCUT2D eigenvalue weighted by molar-refractivity contribution is 6.31. The van der Waals surface area contributed by atoms with Crippen LogP contribution in [0.1, 0.15) is 11.1 Å². The normalized spacial score (nSPS) is 9.90. The van der Waals surface area contributed by atoms with Crippen molar-refractivity contribution in [1.29, 1.82) is 0 Å². The second kappa shape index (κ2) is 7.07. The molecule has 2 nitrogen and oxygen atoms in total. The summed E-state index contributed by atoms with van der Waals surface area (Å²) >= 11 is 5.81. The first-order valence-corrected chi connectivity index (χ1v) is 6.54. The van der Waals surface area contributed by atoms with Crippen LogP contribution in [-0.2, 0) is 6.61 Å². The lowest BCUT2D eigenvalue weighted by Crippen LogP contribution is -1.98. The third kappa shape index (κ3) is 3.94. The van der Waals surface area contributed by atoms with Crippen LogP contribution in [-0.4, -0.2) is 6.54 Å². The van der Waals surface area contributed by atoms with E-state index >= 15 is 0 Å². The molecule has 0 aliphatic carbocycles.